The highest BCUT2D eigenvalue weighted by Gasteiger charge is 2.36. The fraction of sp³-hybridized carbons (Fsp3) is 0.421. The molecule has 8 nitrogen and oxygen atoms in total. The number of benzene rings is 1. The maximum Gasteiger partial charge on any atom is 0.326 e. The second kappa shape index (κ2) is 8.11. The molecule has 0 radical (unpaired) electrons. The largest absolute Gasteiger partial charge is 0.486 e. The van der Waals surface area contributed by atoms with Crippen molar-refractivity contribution in [1.29, 1.82) is 0 Å². The van der Waals surface area contributed by atoms with Crippen LogP contribution in [0.5, 0.6) is 11.5 Å². The lowest BCUT2D eigenvalue weighted by Gasteiger charge is -2.22. The van der Waals surface area contributed by atoms with Crippen molar-refractivity contribution < 1.29 is 29.0 Å². The van der Waals surface area contributed by atoms with Crippen molar-refractivity contribution in [2.45, 2.75) is 25.8 Å². The molecule has 2 aliphatic rings. The molecule has 144 valence electrons. The molecule has 27 heavy (non-hydrogen) atoms. The van der Waals surface area contributed by atoms with Crippen LogP contribution in [0.3, 0.4) is 0 Å². The maximum atomic E-state index is 12.5. The number of aliphatic carboxylic acids is 1. The smallest absolute Gasteiger partial charge is 0.326 e. The number of carboxylic acid groups (broad SMARTS) is 1. The van der Waals surface area contributed by atoms with Crippen molar-refractivity contribution in [2.75, 3.05) is 24.7 Å². The number of carbonyl (C=O) groups is 3. The van der Waals surface area contributed by atoms with E-state index < -0.39 is 23.8 Å². The zero-order chi connectivity index (χ0) is 19.4. The van der Waals surface area contributed by atoms with Crippen LogP contribution in [0.25, 0.3) is 0 Å². The minimum absolute atomic E-state index is 0.0379. The fourth-order valence-corrected chi connectivity index (χ4v) is 3.12. The first-order valence-electron chi connectivity index (χ1n) is 8.84. The Hall–Kier alpha value is -3.03. The Morgan fingerprint density at radius 1 is 1.33 bits per heavy atom. The minimum Gasteiger partial charge on any atom is -0.486 e. The summed E-state index contributed by atoms with van der Waals surface area (Å²) in [6.45, 7) is 2.90. The second-order valence-electron chi connectivity index (χ2n) is 6.44. The number of hydrogen-bond donors (Lipinski definition) is 2. The molecular formula is C19H22N2O6. The van der Waals surface area contributed by atoms with Crippen LogP contribution in [0.4, 0.5) is 5.69 Å². The first-order chi connectivity index (χ1) is 13.0. The third-order valence-corrected chi connectivity index (χ3v) is 4.56. The summed E-state index contributed by atoms with van der Waals surface area (Å²) < 4.78 is 11.0. The number of amides is 2. The van der Waals surface area contributed by atoms with Crippen molar-refractivity contribution in [3.05, 3.63) is 30.4 Å². The highest BCUT2D eigenvalue weighted by atomic mass is 16.6. The Morgan fingerprint density at radius 3 is 2.78 bits per heavy atom. The summed E-state index contributed by atoms with van der Waals surface area (Å²) in [6, 6.07) is 4.20. The molecule has 2 aliphatic heterocycles. The second-order valence-corrected chi connectivity index (χ2v) is 6.44. The number of ether oxygens (including phenoxy) is 2. The summed E-state index contributed by atoms with van der Waals surface area (Å²) in [6.07, 6.45) is 3.64. The fourth-order valence-electron chi connectivity index (χ4n) is 3.12. The molecule has 0 aromatic heterocycles. The summed E-state index contributed by atoms with van der Waals surface area (Å²) in [4.78, 5) is 37.7. The van der Waals surface area contributed by atoms with Crippen molar-refractivity contribution in [3.63, 3.8) is 0 Å². The number of anilines is 1. The average Bonchev–Trinajstić information content (AvgIpc) is 3.06. The normalized spacial score (nSPS) is 20.0. The Balaban J connectivity index is 1.67. The van der Waals surface area contributed by atoms with Gasteiger partial charge in [-0.05, 0) is 25.5 Å². The van der Waals surface area contributed by atoms with Gasteiger partial charge in [0.05, 0.1) is 5.92 Å². The van der Waals surface area contributed by atoms with Crippen molar-refractivity contribution in [1.82, 2.24) is 5.32 Å². The molecule has 1 saturated heterocycles. The van der Waals surface area contributed by atoms with Crippen LogP contribution in [0, 0.1) is 5.92 Å². The Labute approximate surface area is 156 Å². The van der Waals surface area contributed by atoms with Gasteiger partial charge in [0.25, 0.3) is 0 Å². The molecule has 2 N–H and O–H groups in total. The Bertz CT molecular complexity index is 775. The van der Waals surface area contributed by atoms with Crippen molar-refractivity contribution in [2.24, 2.45) is 5.92 Å². The van der Waals surface area contributed by atoms with Gasteiger partial charge >= 0.3 is 5.97 Å². The molecule has 0 saturated carbocycles. The number of rotatable bonds is 6. The van der Waals surface area contributed by atoms with Crippen molar-refractivity contribution in [3.8, 4) is 11.5 Å². The Morgan fingerprint density at radius 2 is 2.07 bits per heavy atom. The molecule has 2 heterocycles. The van der Waals surface area contributed by atoms with Gasteiger partial charge in [-0.2, -0.15) is 0 Å². The molecule has 2 unspecified atom stereocenters. The third kappa shape index (κ3) is 4.21. The topological polar surface area (TPSA) is 105 Å². The lowest BCUT2D eigenvalue weighted by molar-refractivity contribution is -0.142. The molecule has 1 aromatic rings. The molecule has 1 aromatic carbocycles. The van der Waals surface area contributed by atoms with Gasteiger partial charge in [-0.25, -0.2) is 4.79 Å². The van der Waals surface area contributed by atoms with Gasteiger partial charge in [0, 0.05) is 24.7 Å². The summed E-state index contributed by atoms with van der Waals surface area (Å²) in [5, 5.41) is 11.8. The van der Waals surface area contributed by atoms with Crippen molar-refractivity contribution >= 4 is 23.5 Å². The van der Waals surface area contributed by atoms with E-state index >= 15 is 0 Å². The van der Waals surface area contributed by atoms with Crippen LogP contribution < -0.4 is 19.7 Å². The highest BCUT2D eigenvalue weighted by Crippen LogP contribution is 2.36. The SMILES string of the molecule is C/C=C/CC(NC(=O)C1CC(=O)N(c2ccc3c(c2)OCCO3)C1)C(=O)O. The van der Waals surface area contributed by atoms with E-state index in [0.29, 0.717) is 30.4 Å². The van der Waals surface area contributed by atoms with E-state index in [1.165, 1.54) is 4.90 Å². The van der Waals surface area contributed by atoms with Gasteiger partial charge in [-0.15, -0.1) is 0 Å². The molecule has 2 amide bonds. The summed E-state index contributed by atoms with van der Waals surface area (Å²) in [5.74, 6) is -1.13. The number of allylic oxidation sites excluding steroid dienone is 1. The number of nitrogens with zero attached hydrogens (tertiary/aromatic N) is 1. The summed E-state index contributed by atoms with van der Waals surface area (Å²) in [7, 11) is 0. The number of nitrogens with one attached hydrogen (secondary N) is 1. The predicted octanol–water partition coefficient (Wildman–Crippen LogP) is 1.35. The lowest BCUT2D eigenvalue weighted by atomic mass is 10.1. The maximum absolute atomic E-state index is 12.5. The molecule has 0 spiro atoms. The standard InChI is InChI=1S/C19H22N2O6/c1-2-3-4-14(19(24)25)20-18(23)12-9-17(22)21(11-12)13-5-6-15-16(10-13)27-8-7-26-15/h2-3,5-6,10,12,14H,4,7-9,11H2,1H3,(H,20,23)(H,24,25)/b3-2+. The molecule has 0 aliphatic carbocycles. The third-order valence-electron chi connectivity index (χ3n) is 4.56. The lowest BCUT2D eigenvalue weighted by Crippen LogP contribution is -2.44. The van der Waals surface area contributed by atoms with Gasteiger partial charge < -0.3 is 24.8 Å². The van der Waals surface area contributed by atoms with Crippen LogP contribution in [-0.4, -0.2) is 48.7 Å². The summed E-state index contributed by atoms with van der Waals surface area (Å²) in [5.41, 5.74) is 0.628. The van der Waals surface area contributed by atoms with Crippen LogP contribution in [-0.2, 0) is 14.4 Å². The summed E-state index contributed by atoms with van der Waals surface area (Å²) >= 11 is 0. The number of hydrogen-bond acceptors (Lipinski definition) is 5. The van der Waals surface area contributed by atoms with Gasteiger partial charge in [-0.3, -0.25) is 9.59 Å². The van der Waals surface area contributed by atoms with E-state index in [-0.39, 0.29) is 25.3 Å². The Kier molecular flexibility index (Phi) is 5.63. The zero-order valence-electron chi connectivity index (χ0n) is 15.0. The monoisotopic (exact) mass is 374 g/mol. The number of carbonyl (C=O) groups excluding carboxylic acids is 2. The van der Waals surface area contributed by atoms with Gasteiger partial charge in [-0.1, -0.05) is 12.2 Å². The van der Waals surface area contributed by atoms with Gasteiger partial charge in [0.1, 0.15) is 19.3 Å². The van der Waals surface area contributed by atoms with Gasteiger partial charge in [0.2, 0.25) is 11.8 Å². The van der Waals surface area contributed by atoms with E-state index in [9.17, 15) is 19.5 Å². The van der Waals surface area contributed by atoms with Crippen LogP contribution >= 0.6 is 0 Å². The van der Waals surface area contributed by atoms with Crippen LogP contribution in [0.1, 0.15) is 19.8 Å². The van der Waals surface area contributed by atoms with Gasteiger partial charge in [0.15, 0.2) is 11.5 Å². The molecule has 0 bridgehead atoms. The predicted molar refractivity (Wildman–Crippen MR) is 96.9 cm³/mol. The molecule has 1 fully saturated rings. The molecular weight excluding hydrogens is 352 g/mol. The minimum atomic E-state index is -1.10. The first kappa shape index (κ1) is 18.8. The first-order valence-corrected chi connectivity index (χ1v) is 8.84. The van der Waals surface area contributed by atoms with E-state index in [2.05, 4.69) is 5.32 Å². The molecule has 3 rings (SSSR count). The highest BCUT2D eigenvalue weighted by molar-refractivity contribution is 6.01. The quantitative estimate of drug-likeness (QED) is 0.728. The number of fused-ring (bicyclic) bond motifs is 1. The van der Waals surface area contributed by atoms with E-state index in [1.807, 2.05) is 0 Å². The molecule has 8 heteroatoms. The van der Waals surface area contributed by atoms with Crippen LogP contribution in [0.2, 0.25) is 0 Å². The molecule has 2 atom stereocenters. The average molecular weight is 374 g/mol. The zero-order valence-corrected chi connectivity index (χ0v) is 15.0. The van der Waals surface area contributed by atoms with E-state index in [1.54, 1.807) is 37.3 Å². The number of carboxylic acids is 1. The van der Waals surface area contributed by atoms with Crippen LogP contribution in [0.15, 0.2) is 30.4 Å². The van der Waals surface area contributed by atoms with E-state index in [0.717, 1.165) is 0 Å². The van der Waals surface area contributed by atoms with E-state index in [4.69, 9.17) is 9.47 Å².